The Balaban J connectivity index is 2.20. The molecule has 0 N–H and O–H groups in total. The average Bonchev–Trinajstić information content (AvgIpc) is 2.30. The highest BCUT2D eigenvalue weighted by molar-refractivity contribution is 9.28. The highest BCUT2D eigenvalue weighted by Crippen LogP contribution is 2.24. The van der Waals surface area contributed by atoms with Crippen LogP contribution in [0.4, 0.5) is 0 Å². The van der Waals surface area contributed by atoms with Crippen molar-refractivity contribution in [3.63, 3.8) is 0 Å². The lowest BCUT2D eigenvalue weighted by molar-refractivity contribution is 0.482. The zero-order valence-electron chi connectivity index (χ0n) is 8.94. The summed E-state index contributed by atoms with van der Waals surface area (Å²) in [4.78, 5) is 0. The van der Waals surface area contributed by atoms with E-state index in [-0.39, 0.29) is 0 Å². The van der Waals surface area contributed by atoms with E-state index in [1.165, 1.54) is 0 Å². The number of para-hydroxylation sites is 1. The number of benzene rings is 2. The molecule has 0 amide bonds. The maximum absolute atomic E-state index is 5.74. The smallest absolute Gasteiger partial charge is 0.128 e. The van der Waals surface area contributed by atoms with Crippen LogP contribution in [0.2, 0.25) is 0 Å². The van der Waals surface area contributed by atoms with Crippen molar-refractivity contribution in [3.05, 3.63) is 63.6 Å². The molecule has 0 aliphatic rings. The van der Waals surface area contributed by atoms with Gasteiger partial charge in [-0.1, -0.05) is 30.3 Å². The summed E-state index contributed by atoms with van der Waals surface area (Å²) in [5.74, 6) is 1.66. The lowest BCUT2D eigenvalue weighted by Gasteiger charge is -2.05. The van der Waals surface area contributed by atoms with Crippen LogP contribution in [-0.2, 0) is 0 Å². The van der Waals surface area contributed by atoms with E-state index in [9.17, 15) is 0 Å². The Labute approximate surface area is 117 Å². The van der Waals surface area contributed by atoms with Crippen molar-refractivity contribution >= 4 is 37.9 Å². The Morgan fingerprint density at radius 2 is 1.59 bits per heavy atom. The van der Waals surface area contributed by atoms with Crippen molar-refractivity contribution in [2.75, 3.05) is 0 Å². The predicted octanol–water partition coefficient (Wildman–Crippen LogP) is 5.57. The number of halogens is 2. The lowest BCUT2D eigenvalue weighted by atomic mass is 10.2. The number of ether oxygens (including phenoxy) is 1. The molecule has 2 rings (SSSR count). The van der Waals surface area contributed by atoms with Crippen molar-refractivity contribution in [1.82, 2.24) is 0 Å². The highest BCUT2D eigenvalue weighted by Gasteiger charge is 1.97. The van der Waals surface area contributed by atoms with Crippen molar-refractivity contribution in [2.45, 2.75) is 0 Å². The molecule has 2 aromatic carbocycles. The molecular weight excluding hydrogens is 344 g/mol. The molecule has 0 saturated carbocycles. The van der Waals surface area contributed by atoms with Crippen LogP contribution in [0.5, 0.6) is 11.5 Å². The Kier molecular flexibility index (Phi) is 4.40. The van der Waals surface area contributed by atoms with Crippen molar-refractivity contribution < 1.29 is 4.74 Å². The van der Waals surface area contributed by atoms with Crippen molar-refractivity contribution in [2.24, 2.45) is 0 Å². The van der Waals surface area contributed by atoms with Gasteiger partial charge in [0.15, 0.2) is 0 Å². The molecule has 3 heteroatoms. The van der Waals surface area contributed by atoms with Gasteiger partial charge in [-0.2, -0.15) is 0 Å². The Morgan fingerprint density at radius 3 is 2.29 bits per heavy atom. The zero-order chi connectivity index (χ0) is 12.1. The second-order valence-corrected chi connectivity index (χ2v) is 6.19. The Morgan fingerprint density at radius 1 is 0.882 bits per heavy atom. The van der Waals surface area contributed by atoms with Crippen LogP contribution in [0.1, 0.15) is 5.56 Å². The van der Waals surface area contributed by atoms with Gasteiger partial charge >= 0.3 is 0 Å². The van der Waals surface area contributed by atoms with Crippen LogP contribution in [0.25, 0.3) is 6.08 Å². The van der Waals surface area contributed by atoms with Crippen LogP contribution in [0, 0.1) is 0 Å². The van der Waals surface area contributed by atoms with E-state index in [0.29, 0.717) is 0 Å². The van der Waals surface area contributed by atoms with Gasteiger partial charge in [-0.25, -0.2) is 0 Å². The standard InChI is InChI=1S/C14H10Br2O/c15-14(16)10-11-5-4-8-13(9-11)17-12-6-2-1-3-7-12/h1-10H. The highest BCUT2D eigenvalue weighted by atomic mass is 79.9. The van der Waals surface area contributed by atoms with Gasteiger partial charge in [0, 0.05) is 0 Å². The number of hydrogen-bond acceptors (Lipinski definition) is 1. The van der Waals surface area contributed by atoms with E-state index >= 15 is 0 Å². The second-order valence-electron chi connectivity index (χ2n) is 3.42. The summed E-state index contributed by atoms with van der Waals surface area (Å²) in [7, 11) is 0. The molecule has 0 aliphatic carbocycles. The summed E-state index contributed by atoms with van der Waals surface area (Å²) in [6.45, 7) is 0. The molecule has 0 unspecified atom stereocenters. The van der Waals surface area contributed by atoms with Gasteiger partial charge in [0.2, 0.25) is 0 Å². The monoisotopic (exact) mass is 352 g/mol. The van der Waals surface area contributed by atoms with Crippen LogP contribution >= 0.6 is 31.9 Å². The molecule has 0 radical (unpaired) electrons. The van der Waals surface area contributed by atoms with Crippen LogP contribution in [0.3, 0.4) is 0 Å². The molecular formula is C14H10Br2O. The van der Waals surface area contributed by atoms with Gasteiger partial charge < -0.3 is 4.74 Å². The minimum Gasteiger partial charge on any atom is -0.457 e. The fraction of sp³-hybridized carbons (Fsp3) is 0. The van der Waals surface area contributed by atoms with Gasteiger partial charge in [-0.15, -0.1) is 0 Å². The van der Waals surface area contributed by atoms with Crippen molar-refractivity contribution in [1.29, 1.82) is 0 Å². The molecule has 0 atom stereocenters. The summed E-state index contributed by atoms with van der Waals surface area (Å²) >= 11 is 6.68. The molecule has 0 aliphatic heterocycles. The molecule has 1 nitrogen and oxygen atoms in total. The topological polar surface area (TPSA) is 9.23 Å². The molecule has 0 bridgehead atoms. The first kappa shape index (κ1) is 12.4. The average molecular weight is 354 g/mol. The van der Waals surface area contributed by atoms with E-state index in [2.05, 4.69) is 31.9 Å². The molecule has 0 spiro atoms. The number of rotatable bonds is 3. The predicted molar refractivity (Wildman–Crippen MR) is 78.8 cm³/mol. The van der Waals surface area contributed by atoms with Gasteiger partial charge in [0.05, 0.1) is 3.39 Å². The third-order valence-corrected chi connectivity index (χ3v) is 2.57. The SMILES string of the molecule is BrC(Br)=Cc1cccc(Oc2ccccc2)c1. The van der Waals surface area contributed by atoms with Crippen LogP contribution in [-0.4, -0.2) is 0 Å². The molecule has 0 aromatic heterocycles. The summed E-state index contributed by atoms with van der Waals surface area (Å²) < 4.78 is 6.65. The van der Waals surface area contributed by atoms with Gasteiger partial charge in [-0.3, -0.25) is 0 Å². The minimum atomic E-state index is 0.825. The largest absolute Gasteiger partial charge is 0.457 e. The summed E-state index contributed by atoms with van der Waals surface area (Å²) in [5.41, 5.74) is 1.07. The normalized spacial score (nSPS) is 9.76. The maximum atomic E-state index is 5.74. The molecule has 0 fully saturated rings. The summed E-state index contributed by atoms with van der Waals surface area (Å²) in [6, 6.07) is 17.6. The van der Waals surface area contributed by atoms with Gasteiger partial charge in [0.25, 0.3) is 0 Å². The van der Waals surface area contributed by atoms with Gasteiger partial charge in [-0.05, 0) is 67.8 Å². The first-order valence-corrected chi connectivity index (χ1v) is 6.68. The third kappa shape index (κ3) is 4.02. The first-order valence-electron chi connectivity index (χ1n) is 5.10. The quantitative estimate of drug-likeness (QED) is 0.701. The number of hydrogen-bond donors (Lipinski definition) is 0. The second kappa shape index (κ2) is 6.03. The van der Waals surface area contributed by atoms with E-state index < -0.39 is 0 Å². The fourth-order valence-corrected chi connectivity index (χ4v) is 1.95. The molecule has 0 saturated heterocycles. The molecule has 17 heavy (non-hydrogen) atoms. The Hall–Kier alpha value is -1.06. The molecule has 0 heterocycles. The first-order chi connectivity index (χ1) is 8.24. The van der Waals surface area contributed by atoms with E-state index in [4.69, 9.17) is 4.74 Å². The van der Waals surface area contributed by atoms with Crippen molar-refractivity contribution in [3.8, 4) is 11.5 Å². The maximum Gasteiger partial charge on any atom is 0.128 e. The molecule has 2 aromatic rings. The Bertz CT molecular complexity index is 517. The van der Waals surface area contributed by atoms with E-state index in [0.717, 1.165) is 20.5 Å². The lowest BCUT2D eigenvalue weighted by Crippen LogP contribution is -1.83. The molecule has 86 valence electrons. The summed E-state index contributed by atoms with van der Waals surface area (Å²) in [6.07, 6.45) is 1.97. The fourth-order valence-electron chi connectivity index (χ4n) is 1.42. The van der Waals surface area contributed by atoms with Gasteiger partial charge in [0.1, 0.15) is 11.5 Å². The third-order valence-electron chi connectivity index (χ3n) is 2.11. The summed E-state index contributed by atoms with van der Waals surface area (Å²) in [5, 5.41) is 0. The van der Waals surface area contributed by atoms with E-state index in [1.807, 2.05) is 60.7 Å². The van der Waals surface area contributed by atoms with E-state index in [1.54, 1.807) is 0 Å². The minimum absolute atomic E-state index is 0.825. The zero-order valence-corrected chi connectivity index (χ0v) is 12.1. The van der Waals surface area contributed by atoms with Crippen LogP contribution in [0.15, 0.2) is 58.0 Å². The van der Waals surface area contributed by atoms with Crippen LogP contribution < -0.4 is 4.74 Å².